The summed E-state index contributed by atoms with van der Waals surface area (Å²) in [6.07, 6.45) is 2.86. The SMILES string of the molecule is Cc1cc(OCC(O)CNCCn2ccnn2)ccc1Cl. The summed E-state index contributed by atoms with van der Waals surface area (Å²) >= 11 is 5.94. The van der Waals surface area contributed by atoms with Crippen molar-refractivity contribution in [3.05, 3.63) is 41.2 Å². The Morgan fingerprint density at radius 3 is 3.05 bits per heavy atom. The Labute approximate surface area is 128 Å². The van der Waals surface area contributed by atoms with Crippen molar-refractivity contribution >= 4 is 11.6 Å². The topological polar surface area (TPSA) is 72.2 Å². The molecule has 0 aliphatic carbocycles. The Hall–Kier alpha value is -1.63. The van der Waals surface area contributed by atoms with Gasteiger partial charge in [-0.2, -0.15) is 0 Å². The monoisotopic (exact) mass is 310 g/mol. The molecule has 2 N–H and O–H groups in total. The Balaban J connectivity index is 1.62. The van der Waals surface area contributed by atoms with E-state index in [-0.39, 0.29) is 6.61 Å². The van der Waals surface area contributed by atoms with E-state index in [2.05, 4.69) is 15.6 Å². The number of aromatic nitrogens is 3. The van der Waals surface area contributed by atoms with Crippen LogP contribution < -0.4 is 10.1 Å². The average Bonchev–Trinajstić information content (AvgIpc) is 2.98. The van der Waals surface area contributed by atoms with E-state index in [9.17, 15) is 5.11 Å². The van der Waals surface area contributed by atoms with Gasteiger partial charge in [0.1, 0.15) is 18.5 Å². The van der Waals surface area contributed by atoms with Crippen LogP contribution in [-0.2, 0) is 6.54 Å². The largest absolute Gasteiger partial charge is 0.491 e. The highest BCUT2D eigenvalue weighted by atomic mass is 35.5. The minimum Gasteiger partial charge on any atom is -0.491 e. The molecular weight excluding hydrogens is 292 g/mol. The standard InChI is InChI=1S/C14H19ClN4O2/c1-11-8-13(2-3-14(11)15)21-10-12(20)9-16-4-6-19-7-5-17-18-19/h2-3,5,7-8,12,16,20H,4,6,9-10H2,1H3. The smallest absolute Gasteiger partial charge is 0.119 e. The average molecular weight is 311 g/mol. The molecule has 0 radical (unpaired) electrons. The van der Waals surface area contributed by atoms with Crippen molar-refractivity contribution in [3.63, 3.8) is 0 Å². The molecule has 1 aromatic carbocycles. The maximum Gasteiger partial charge on any atom is 0.119 e. The van der Waals surface area contributed by atoms with Gasteiger partial charge in [0.2, 0.25) is 0 Å². The molecular formula is C14H19ClN4O2. The van der Waals surface area contributed by atoms with Crippen molar-refractivity contribution in [1.82, 2.24) is 20.3 Å². The molecule has 1 aromatic heterocycles. The van der Waals surface area contributed by atoms with Crippen LogP contribution in [0.1, 0.15) is 5.56 Å². The molecule has 0 spiro atoms. The molecule has 21 heavy (non-hydrogen) atoms. The van der Waals surface area contributed by atoms with Crippen LogP contribution in [-0.4, -0.2) is 45.9 Å². The molecule has 0 amide bonds. The molecule has 0 aliphatic heterocycles. The molecule has 1 atom stereocenters. The van der Waals surface area contributed by atoms with Gasteiger partial charge in [0, 0.05) is 24.3 Å². The van der Waals surface area contributed by atoms with Gasteiger partial charge in [-0.25, -0.2) is 0 Å². The second-order valence-corrected chi connectivity index (χ2v) is 5.15. The van der Waals surface area contributed by atoms with Crippen molar-refractivity contribution in [2.45, 2.75) is 19.6 Å². The van der Waals surface area contributed by atoms with E-state index in [1.807, 2.05) is 13.0 Å². The van der Waals surface area contributed by atoms with Gasteiger partial charge < -0.3 is 15.2 Å². The molecule has 0 bridgehead atoms. The fraction of sp³-hybridized carbons (Fsp3) is 0.429. The van der Waals surface area contributed by atoms with Crippen molar-refractivity contribution in [2.75, 3.05) is 19.7 Å². The van der Waals surface area contributed by atoms with Crippen LogP contribution in [0.3, 0.4) is 0 Å². The van der Waals surface area contributed by atoms with Crippen molar-refractivity contribution in [2.24, 2.45) is 0 Å². The summed E-state index contributed by atoms with van der Waals surface area (Å²) in [6, 6.07) is 5.43. The van der Waals surface area contributed by atoms with Crippen LogP contribution >= 0.6 is 11.6 Å². The molecule has 0 aliphatic rings. The van der Waals surface area contributed by atoms with Crippen molar-refractivity contribution < 1.29 is 9.84 Å². The summed E-state index contributed by atoms with van der Waals surface area (Å²) in [5, 5.41) is 21.3. The number of benzene rings is 1. The van der Waals surface area contributed by atoms with Gasteiger partial charge in [-0.05, 0) is 30.7 Å². The summed E-state index contributed by atoms with van der Waals surface area (Å²) in [7, 11) is 0. The second-order valence-electron chi connectivity index (χ2n) is 4.75. The Bertz CT molecular complexity index is 548. The minimum absolute atomic E-state index is 0.234. The summed E-state index contributed by atoms with van der Waals surface area (Å²) < 4.78 is 7.26. The number of nitrogens with zero attached hydrogens (tertiary/aromatic N) is 3. The molecule has 0 saturated heterocycles. The first-order chi connectivity index (χ1) is 10.1. The molecule has 2 rings (SSSR count). The normalized spacial score (nSPS) is 12.3. The highest BCUT2D eigenvalue weighted by molar-refractivity contribution is 6.31. The first-order valence-electron chi connectivity index (χ1n) is 6.77. The van der Waals surface area contributed by atoms with Crippen molar-refractivity contribution in [1.29, 1.82) is 0 Å². The van der Waals surface area contributed by atoms with E-state index in [1.165, 1.54) is 0 Å². The molecule has 1 heterocycles. The third-order valence-corrected chi connectivity index (χ3v) is 3.37. The number of aryl methyl sites for hydroxylation is 1. The van der Waals surface area contributed by atoms with Gasteiger partial charge in [0.25, 0.3) is 0 Å². The lowest BCUT2D eigenvalue weighted by atomic mass is 10.2. The van der Waals surface area contributed by atoms with E-state index in [0.717, 1.165) is 5.56 Å². The highest BCUT2D eigenvalue weighted by Gasteiger charge is 2.06. The van der Waals surface area contributed by atoms with Crippen LogP contribution in [0.25, 0.3) is 0 Å². The number of halogens is 1. The van der Waals surface area contributed by atoms with Gasteiger partial charge in [0.15, 0.2) is 0 Å². The van der Waals surface area contributed by atoms with Crippen LogP contribution in [0, 0.1) is 6.92 Å². The Morgan fingerprint density at radius 2 is 2.33 bits per heavy atom. The fourth-order valence-corrected chi connectivity index (χ4v) is 1.89. The predicted molar refractivity (Wildman–Crippen MR) is 80.6 cm³/mol. The van der Waals surface area contributed by atoms with Gasteiger partial charge in [-0.15, -0.1) is 5.10 Å². The third-order valence-electron chi connectivity index (χ3n) is 2.94. The zero-order valence-corrected chi connectivity index (χ0v) is 12.6. The molecule has 2 aromatic rings. The summed E-state index contributed by atoms with van der Waals surface area (Å²) in [4.78, 5) is 0. The molecule has 1 unspecified atom stereocenters. The van der Waals surface area contributed by atoms with Gasteiger partial charge in [-0.3, -0.25) is 4.68 Å². The molecule has 114 valence electrons. The van der Waals surface area contributed by atoms with Crippen LogP contribution in [0.4, 0.5) is 0 Å². The number of aliphatic hydroxyl groups is 1. The molecule has 6 nitrogen and oxygen atoms in total. The first kappa shape index (κ1) is 15.8. The number of hydrogen-bond donors (Lipinski definition) is 2. The zero-order chi connectivity index (χ0) is 15.1. The van der Waals surface area contributed by atoms with Crippen LogP contribution in [0.5, 0.6) is 5.75 Å². The zero-order valence-electron chi connectivity index (χ0n) is 11.9. The van der Waals surface area contributed by atoms with Crippen LogP contribution in [0.15, 0.2) is 30.6 Å². The lowest BCUT2D eigenvalue weighted by Gasteiger charge is -2.13. The first-order valence-corrected chi connectivity index (χ1v) is 7.15. The van der Waals surface area contributed by atoms with Crippen molar-refractivity contribution in [3.8, 4) is 5.75 Å². The van der Waals surface area contributed by atoms with E-state index in [0.29, 0.717) is 30.4 Å². The van der Waals surface area contributed by atoms with E-state index < -0.39 is 6.10 Å². The lowest BCUT2D eigenvalue weighted by Crippen LogP contribution is -2.33. The van der Waals surface area contributed by atoms with E-state index in [1.54, 1.807) is 29.2 Å². The fourth-order valence-electron chi connectivity index (χ4n) is 1.77. The summed E-state index contributed by atoms with van der Waals surface area (Å²) in [5.41, 5.74) is 0.953. The number of aliphatic hydroxyl groups excluding tert-OH is 1. The minimum atomic E-state index is -0.572. The number of nitrogens with one attached hydrogen (secondary N) is 1. The Kier molecular flexibility index (Phi) is 5.98. The second kappa shape index (κ2) is 7.97. The number of hydrogen-bond acceptors (Lipinski definition) is 5. The quantitative estimate of drug-likeness (QED) is 0.718. The predicted octanol–water partition coefficient (Wildman–Crippen LogP) is 1.27. The van der Waals surface area contributed by atoms with E-state index >= 15 is 0 Å². The maximum absolute atomic E-state index is 9.84. The molecule has 7 heteroatoms. The number of rotatable bonds is 8. The maximum atomic E-state index is 9.84. The lowest BCUT2D eigenvalue weighted by molar-refractivity contribution is 0.106. The van der Waals surface area contributed by atoms with Crippen LogP contribution in [0.2, 0.25) is 5.02 Å². The number of ether oxygens (including phenoxy) is 1. The molecule has 0 saturated carbocycles. The van der Waals surface area contributed by atoms with Gasteiger partial charge >= 0.3 is 0 Å². The summed E-state index contributed by atoms with van der Waals surface area (Å²) in [6.45, 7) is 4.03. The van der Waals surface area contributed by atoms with Gasteiger partial charge in [0.05, 0.1) is 12.7 Å². The van der Waals surface area contributed by atoms with Gasteiger partial charge in [-0.1, -0.05) is 16.8 Å². The third kappa shape index (κ3) is 5.34. The molecule has 0 fully saturated rings. The summed E-state index contributed by atoms with van der Waals surface area (Å²) in [5.74, 6) is 0.707. The van der Waals surface area contributed by atoms with E-state index in [4.69, 9.17) is 16.3 Å². The highest BCUT2D eigenvalue weighted by Crippen LogP contribution is 2.20. The Morgan fingerprint density at radius 1 is 1.48 bits per heavy atom.